The van der Waals surface area contributed by atoms with Gasteiger partial charge >= 0.3 is 5.97 Å². The zero-order valence-electron chi connectivity index (χ0n) is 15.7. The van der Waals surface area contributed by atoms with Crippen molar-refractivity contribution in [3.05, 3.63) is 41.5 Å². The molecule has 1 aromatic carbocycles. The van der Waals surface area contributed by atoms with Crippen LogP contribution in [0.1, 0.15) is 25.3 Å². The molecule has 144 valence electrons. The minimum absolute atomic E-state index is 0.263. The predicted molar refractivity (Wildman–Crippen MR) is 100 cm³/mol. The van der Waals surface area contributed by atoms with Gasteiger partial charge in [0.25, 0.3) is 0 Å². The summed E-state index contributed by atoms with van der Waals surface area (Å²) in [6, 6.07) is 7.97. The molecule has 5 aliphatic rings. The van der Waals surface area contributed by atoms with Crippen LogP contribution >= 0.6 is 0 Å². The quantitative estimate of drug-likeness (QED) is 0.537. The lowest BCUT2D eigenvalue weighted by molar-refractivity contribution is -0.184. The number of benzene rings is 1. The summed E-state index contributed by atoms with van der Waals surface area (Å²) in [6.07, 6.45) is 2.51. The van der Waals surface area contributed by atoms with E-state index in [1.807, 2.05) is 37.3 Å². The maximum Gasteiger partial charge on any atom is 0.315 e. The number of methoxy groups -OCH3 is 1. The zero-order chi connectivity index (χ0) is 19.0. The Labute approximate surface area is 158 Å². The van der Waals surface area contributed by atoms with E-state index in [9.17, 15) is 15.0 Å². The number of para-hydroxylation sites is 1. The maximum atomic E-state index is 13.4. The number of hydrogen-bond donors (Lipinski definition) is 3. The van der Waals surface area contributed by atoms with Crippen LogP contribution in [0.4, 0.5) is 5.69 Å². The summed E-state index contributed by atoms with van der Waals surface area (Å²) in [5.74, 6) is -0.644. The molecule has 0 amide bonds. The van der Waals surface area contributed by atoms with Crippen molar-refractivity contribution in [2.45, 2.75) is 36.9 Å². The molecule has 4 heterocycles. The van der Waals surface area contributed by atoms with E-state index < -0.39 is 22.6 Å². The topological polar surface area (TPSA) is 82.0 Å². The van der Waals surface area contributed by atoms with Crippen LogP contribution in [0.5, 0.6) is 0 Å². The van der Waals surface area contributed by atoms with E-state index in [1.165, 1.54) is 7.11 Å². The number of nitrogens with one attached hydrogen (secondary N) is 1. The highest BCUT2D eigenvalue weighted by atomic mass is 16.5. The first kappa shape index (κ1) is 17.2. The van der Waals surface area contributed by atoms with Gasteiger partial charge in [-0.05, 0) is 31.4 Å². The van der Waals surface area contributed by atoms with Crippen LogP contribution < -0.4 is 5.32 Å². The van der Waals surface area contributed by atoms with Gasteiger partial charge in [-0.1, -0.05) is 29.8 Å². The molecule has 6 atom stereocenters. The van der Waals surface area contributed by atoms with Gasteiger partial charge in [0.15, 0.2) is 0 Å². The van der Waals surface area contributed by atoms with Crippen molar-refractivity contribution in [3.63, 3.8) is 0 Å². The highest BCUT2D eigenvalue weighted by Gasteiger charge is 2.82. The van der Waals surface area contributed by atoms with E-state index in [1.54, 1.807) is 0 Å². The Morgan fingerprint density at radius 3 is 2.93 bits per heavy atom. The summed E-state index contributed by atoms with van der Waals surface area (Å²) in [5, 5.41) is 25.9. The lowest BCUT2D eigenvalue weighted by Crippen LogP contribution is -2.75. The normalized spacial score (nSPS) is 45.2. The molecule has 6 heteroatoms. The number of carbonyl (C=O) groups excluding carboxylic acids is 1. The van der Waals surface area contributed by atoms with E-state index in [0.29, 0.717) is 19.4 Å². The average Bonchev–Trinajstić information content (AvgIpc) is 3.11. The second-order valence-electron chi connectivity index (χ2n) is 8.30. The van der Waals surface area contributed by atoms with Crippen molar-refractivity contribution in [2.75, 3.05) is 32.1 Å². The molecular formula is C21H26N2O4. The van der Waals surface area contributed by atoms with Crippen LogP contribution in [0, 0.1) is 11.3 Å². The number of hydrogen-bond acceptors (Lipinski definition) is 6. The second-order valence-corrected chi connectivity index (χ2v) is 8.30. The molecule has 4 aliphatic heterocycles. The standard InChI is InChI=1S/C21H26N2O4/c1-3-13-11-23-9-8-20-14-6-4-5-7-16(14)22-21(20,23)17(25)10-15(13)19(20,12-24)18(26)27-2/h3-7,15,17,22,24-25H,8-12H2,1-2H3/b13-3-/t15-,17+,19?,20-,21?/m0/s1. The largest absolute Gasteiger partial charge is 0.468 e. The lowest BCUT2D eigenvalue weighted by Gasteiger charge is -2.59. The molecule has 27 heavy (non-hydrogen) atoms. The Morgan fingerprint density at radius 2 is 2.22 bits per heavy atom. The molecule has 6 rings (SSSR count). The number of anilines is 1. The van der Waals surface area contributed by atoms with Gasteiger partial charge < -0.3 is 20.3 Å². The van der Waals surface area contributed by atoms with Crippen LogP contribution in [0.3, 0.4) is 0 Å². The number of allylic oxidation sites excluding steroid dienone is 1. The molecule has 4 fully saturated rings. The lowest BCUT2D eigenvalue weighted by atomic mass is 9.45. The molecule has 3 unspecified atom stereocenters. The van der Waals surface area contributed by atoms with E-state index in [0.717, 1.165) is 23.4 Å². The summed E-state index contributed by atoms with van der Waals surface area (Å²) in [7, 11) is 1.40. The van der Waals surface area contributed by atoms with E-state index >= 15 is 0 Å². The average molecular weight is 370 g/mol. The minimum atomic E-state index is -1.13. The number of aliphatic hydroxyl groups is 2. The first-order chi connectivity index (χ1) is 13.0. The zero-order valence-corrected chi connectivity index (χ0v) is 15.7. The van der Waals surface area contributed by atoms with E-state index in [2.05, 4.69) is 10.2 Å². The number of rotatable bonds is 2. The number of esters is 1. The second kappa shape index (κ2) is 5.34. The van der Waals surface area contributed by atoms with Gasteiger partial charge in [0, 0.05) is 24.7 Å². The van der Waals surface area contributed by atoms with Crippen molar-refractivity contribution < 1.29 is 19.7 Å². The highest BCUT2D eigenvalue weighted by Crippen LogP contribution is 2.72. The summed E-state index contributed by atoms with van der Waals surface area (Å²) in [6.45, 7) is 3.10. The number of ether oxygens (including phenoxy) is 1. The third-order valence-corrected chi connectivity index (χ3v) is 7.91. The summed E-state index contributed by atoms with van der Waals surface area (Å²) < 4.78 is 5.33. The fourth-order valence-electron chi connectivity index (χ4n) is 7.01. The monoisotopic (exact) mass is 370 g/mol. The van der Waals surface area contributed by atoms with Crippen LogP contribution in [0.15, 0.2) is 35.9 Å². The number of fused-ring (bicyclic) bond motifs is 3. The van der Waals surface area contributed by atoms with Crippen LogP contribution in [-0.2, 0) is 14.9 Å². The third-order valence-electron chi connectivity index (χ3n) is 7.91. The third kappa shape index (κ3) is 1.55. The van der Waals surface area contributed by atoms with E-state index in [-0.39, 0.29) is 18.5 Å². The molecule has 3 saturated heterocycles. The van der Waals surface area contributed by atoms with Crippen LogP contribution in [0.2, 0.25) is 0 Å². The van der Waals surface area contributed by atoms with Crippen molar-refractivity contribution in [1.82, 2.24) is 4.90 Å². The molecule has 3 N–H and O–H groups in total. The van der Waals surface area contributed by atoms with Gasteiger partial charge in [0.2, 0.25) is 0 Å². The Morgan fingerprint density at radius 1 is 1.44 bits per heavy atom. The van der Waals surface area contributed by atoms with Gasteiger partial charge in [0.05, 0.1) is 25.2 Å². The van der Waals surface area contributed by atoms with Crippen molar-refractivity contribution >= 4 is 11.7 Å². The van der Waals surface area contributed by atoms with Crippen molar-refractivity contribution in [1.29, 1.82) is 0 Å². The Kier molecular flexibility index (Phi) is 3.41. The first-order valence-electron chi connectivity index (χ1n) is 9.68. The van der Waals surface area contributed by atoms with Gasteiger partial charge in [-0.3, -0.25) is 9.69 Å². The highest BCUT2D eigenvalue weighted by molar-refractivity contribution is 5.85. The van der Waals surface area contributed by atoms with Crippen molar-refractivity contribution in [2.24, 2.45) is 11.3 Å². The van der Waals surface area contributed by atoms with Crippen LogP contribution in [0.25, 0.3) is 0 Å². The Balaban J connectivity index is 1.93. The minimum Gasteiger partial charge on any atom is -0.468 e. The Bertz CT molecular complexity index is 854. The molecule has 1 spiro atoms. The number of carbonyl (C=O) groups is 1. The smallest absolute Gasteiger partial charge is 0.315 e. The Hall–Kier alpha value is -1.89. The predicted octanol–water partition coefficient (Wildman–Crippen LogP) is 1.24. The SMILES string of the molecule is C/C=C1/CN2CC[C@@]34c5ccccc5NC23[C@H](O)C[C@@H]1C4(CO)C(=O)OC. The maximum absolute atomic E-state index is 13.4. The molecule has 1 saturated carbocycles. The molecule has 1 aromatic rings. The number of aliphatic hydroxyl groups excluding tert-OH is 2. The van der Waals surface area contributed by atoms with Crippen molar-refractivity contribution in [3.8, 4) is 0 Å². The fraction of sp³-hybridized carbons (Fsp3) is 0.571. The fourth-order valence-corrected chi connectivity index (χ4v) is 7.01. The van der Waals surface area contributed by atoms with Gasteiger partial charge in [-0.2, -0.15) is 0 Å². The molecule has 0 radical (unpaired) electrons. The molecular weight excluding hydrogens is 344 g/mol. The molecule has 6 nitrogen and oxygen atoms in total. The van der Waals surface area contributed by atoms with Gasteiger partial charge in [0.1, 0.15) is 11.1 Å². The van der Waals surface area contributed by atoms with Gasteiger partial charge in [-0.15, -0.1) is 0 Å². The molecule has 1 aliphatic carbocycles. The van der Waals surface area contributed by atoms with Crippen LogP contribution in [-0.4, -0.2) is 59.7 Å². The number of nitrogens with zero attached hydrogens (tertiary/aromatic N) is 1. The molecule has 0 aromatic heterocycles. The van der Waals surface area contributed by atoms with Gasteiger partial charge in [-0.25, -0.2) is 0 Å². The first-order valence-corrected chi connectivity index (χ1v) is 9.68. The van der Waals surface area contributed by atoms with E-state index in [4.69, 9.17) is 4.74 Å². The summed E-state index contributed by atoms with van der Waals surface area (Å²) in [4.78, 5) is 15.7. The molecule has 4 bridgehead atoms. The summed E-state index contributed by atoms with van der Waals surface area (Å²) in [5.41, 5.74) is 0.354. The summed E-state index contributed by atoms with van der Waals surface area (Å²) >= 11 is 0.